The quantitative estimate of drug-likeness (QED) is 0.545. The van der Waals surface area contributed by atoms with E-state index in [0.717, 1.165) is 17.0 Å². The van der Waals surface area contributed by atoms with E-state index in [-0.39, 0.29) is 18.3 Å². The number of sulfonamides is 1. The maximum atomic E-state index is 12.7. The first-order valence-corrected chi connectivity index (χ1v) is 12.3. The summed E-state index contributed by atoms with van der Waals surface area (Å²) in [6.07, 6.45) is 0.358. The van der Waals surface area contributed by atoms with Crippen molar-refractivity contribution in [2.45, 2.75) is 13.3 Å². The van der Waals surface area contributed by atoms with Gasteiger partial charge in [0.25, 0.3) is 5.91 Å². The van der Waals surface area contributed by atoms with E-state index in [9.17, 15) is 13.2 Å². The Morgan fingerprint density at radius 1 is 1.03 bits per heavy atom. The van der Waals surface area contributed by atoms with Crippen LogP contribution in [0.3, 0.4) is 0 Å². The van der Waals surface area contributed by atoms with Gasteiger partial charge in [0.1, 0.15) is 11.5 Å². The maximum absolute atomic E-state index is 12.7. The molecular formula is C23H31N3O5S. The van der Waals surface area contributed by atoms with Crippen LogP contribution in [-0.4, -0.2) is 70.8 Å². The summed E-state index contributed by atoms with van der Waals surface area (Å²) in [5.74, 6) is 1.20. The van der Waals surface area contributed by atoms with Crippen LogP contribution in [0.2, 0.25) is 0 Å². The van der Waals surface area contributed by atoms with E-state index in [1.165, 1.54) is 4.31 Å². The summed E-state index contributed by atoms with van der Waals surface area (Å²) in [4.78, 5) is 14.1. The van der Waals surface area contributed by atoms with E-state index < -0.39 is 10.0 Å². The Morgan fingerprint density at radius 3 is 2.38 bits per heavy atom. The van der Waals surface area contributed by atoms with E-state index in [1.807, 2.05) is 55.5 Å². The molecule has 32 heavy (non-hydrogen) atoms. The van der Waals surface area contributed by atoms with Crippen LogP contribution < -0.4 is 19.7 Å². The van der Waals surface area contributed by atoms with Gasteiger partial charge in [-0.05, 0) is 49.2 Å². The molecule has 1 amide bonds. The van der Waals surface area contributed by atoms with Crippen LogP contribution in [0.1, 0.15) is 12.0 Å². The first-order chi connectivity index (χ1) is 15.4. The number of benzene rings is 2. The van der Waals surface area contributed by atoms with Gasteiger partial charge in [0, 0.05) is 38.4 Å². The summed E-state index contributed by atoms with van der Waals surface area (Å²) in [6, 6.07) is 15.2. The number of anilines is 1. The number of aryl methyl sites for hydroxylation is 1. The molecule has 2 aromatic carbocycles. The molecule has 9 heteroatoms. The van der Waals surface area contributed by atoms with E-state index in [0.29, 0.717) is 44.9 Å². The molecule has 2 aromatic rings. The number of rotatable bonds is 10. The van der Waals surface area contributed by atoms with Crippen molar-refractivity contribution in [3.05, 3.63) is 54.1 Å². The average molecular weight is 462 g/mol. The minimum absolute atomic E-state index is 0.00840. The van der Waals surface area contributed by atoms with Gasteiger partial charge in [-0.2, -0.15) is 4.31 Å². The van der Waals surface area contributed by atoms with Crippen LogP contribution in [0, 0.1) is 6.92 Å². The monoisotopic (exact) mass is 461 g/mol. The lowest BCUT2D eigenvalue weighted by Gasteiger charge is -2.35. The predicted molar refractivity (Wildman–Crippen MR) is 125 cm³/mol. The lowest BCUT2D eigenvalue weighted by atomic mass is 10.2. The third-order valence-electron chi connectivity index (χ3n) is 5.42. The molecule has 1 aliphatic heterocycles. The number of amides is 1. The van der Waals surface area contributed by atoms with Gasteiger partial charge in [-0.1, -0.05) is 18.2 Å². The summed E-state index contributed by atoms with van der Waals surface area (Å²) < 4.78 is 37.5. The molecule has 1 fully saturated rings. The van der Waals surface area contributed by atoms with Crippen molar-refractivity contribution in [3.8, 4) is 11.5 Å². The number of nitrogens with one attached hydrogen (secondary N) is 1. The Bertz CT molecular complexity index is 987. The van der Waals surface area contributed by atoms with Gasteiger partial charge in [-0.25, -0.2) is 8.42 Å². The third kappa shape index (κ3) is 6.61. The Morgan fingerprint density at radius 2 is 1.72 bits per heavy atom. The number of para-hydroxylation sites is 1. The second kappa shape index (κ2) is 11.2. The predicted octanol–water partition coefficient (Wildman–Crippen LogP) is 2.04. The lowest BCUT2D eigenvalue weighted by Crippen LogP contribution is -2.49. The van der Waals surface area contributed by atoms with E-state index >= 15 is 0 Å². The highest BCUT2D eigenvalue weighted by Crippen LogP contribution is 2.21. The molecule has 174 valence electrons. The lowest BCUT2D eigenvalue weighted by molar-refractivity contribution is -0.123. The molecule has 1 N–H and O–H groups in total. The Kier molecular flexibility index (Phi) is 8.35. The third-order valence-corrected chi connectivity index (χ3v) is 7.38. The molecule has 0 atom stereocenters. The summed E-state index contributed by atoms with van der Waals surface area (Å²) in [6.45, 7) is 4.29. The van der Waals surface area contributed by atoms with Gasteiger partial charge < -0.3 is 19.7 Å². The molecule has 3 rings (SSSR count). The molecule has 0 spiro atoms. The minimum Gasteiger partial charge on any atom is -0.497 e. The maximum Gasteiger partial charge on any atom is 0.257 e. The number of carbonyl (C=O) groups excluding carboxylic acids is 1. The number of hydrogen-bond acceptors (Lipinski definition) is 6. The minimum atomic E-state index is -3.35. The van der Waals surface area contributed by atoms with Gasteiger partial charge in [0.2, 0.25) is 10.0 Å². The molecule has 8 nitrogen and oxygen atoms in total. The number of ether oxygens (including phenoxy) is 2. The first kappa shape index (κ1) is 23.9. The molecule has 1 saturated heterocycles. The van der Waals surface area contributed by atoms with Crippen molar-refractivity contribution in [1.29, 1.82) is 0 Å². The largest absolute Gasteiger partial charge is 0.497 e. The van der Waals surface area contributed by atoms with E-state index in [1.54, 1.807) is 7.11 Å². The Hall–Kier alpha value is -2.78. The van der Waals surface area contributed by atoms with Gasteiger partial charge in [0.05, 0.1) is 12.9 Å². The Balaban J connectivity index is 1.36. The zero-order valence-corrected chi connectivity index (χ0v) is 19.4. The summed E-state index contributed by atoms with van der Waals surface area (Å²) >= 11 is 0. The molecule has 0 radical (unpaired) electrons. The number of piperazine rings is 1. The van der Waals surface area contributed by atoms with Crippen LogP contribution in [0.25, 0.3) is 0 Å². The highest BCUT2D eigenvalue weighted by Gasteiger charge is 2.26. The van der Waals surface area contributed by atoms with Crippen molar-refractivity contribution in [3.63, 3.8) is 0 Å². The van der Waals surface area contributed by atoms with Crippen molar-refractivity contribution in [2.24, 2.45) is 0 Å². The molecular weight excluding hydrogens is 430 g/mol. The van der Waals surface area contributed by atoms with Crippen LogP contribution >= 0.6 is 0 Å². The molecule has 0 aliphatic carbocycles. The molecule has 0 bridgehead atoms. The number of hydrogen-bond donors (Lipinski definition) is 1. The first-order valence-electron chi connectivity index (χ1n) is 10.7. The fraction of sp³-hybridized carbons (Fsp3) is 0.435. The fourth-order valence-electron chi connectivity index (χ4n) is 3.54. The molecule has 0 unspecified atom stereocenters. The normalized spacial score (nSPS) is 14.8. The van der Waals surface area contributed by atoms with Crippen molar-refractivity contribution in [2.75, 3.05) is 57.1 Å². The average Bonchev–Trinajstić information content (AvgIpc) is 2.81. The smallest absolute Gasteiger partial charge is 0.257 e. The van der Waals surface area contributed by atoms with Crippen LogP contribution in [-0.2, 0) is 14.8 Å². The SMILES string of the molecule is COc1ccc(N2CCN(S(=O)(=O)CCCNC(=O)COc3ccccc3C)CC2)cc1. The van der Waals surface area contributed by atoms with Gasteiger partial charge in [-0.3, -0.25) is 4.79 Å². The van der Waals surface area contributed by atoms with E-state index in [2.05, 4.69) is 10.2 Å². The highest BCUT2D eigenvalue weighted by molar-refractivity contribution is 7.89. The van der Waals surface area contributed by atoms with E-state index in [4.69, 9.17) is 9.47 Å². The van der Waals surface area contributed by atoms with Gasteiger partial charge >= 0.3 is 0 Å². The van der Waals surface area contributed by atoms with Gasteiger partial charge in [0.15, 0.2) is 6.61 Å². The second-order valence-electron chi connectivity index (χ2n) is 7.66. The van der Waals surface area contributed by atoms with Crippen molar-refractivity contribution >= 4 is 21.6 Å². The summed E-state index contributed by atoms with van der Waals surface area (Å²) in [5.41, 5.74) is 2.01. The van der Waals surface area contributed by atoms with Crippen LogP contribution in [0.4, 0.5) is 5.69 Å². The van der Waals surface area contributed by atoms with Gasteiger partial charge in [-0.15, -0.1) is 0 Å². The zero-order valence-electron chi connectivity index (χ0n) is 18.6. The standard InChI is InChI=1S/C23H31N3O5S/c1-19-6-3-4-7-22(19)31-18-23(27)24-12-5-17-32(28,29)26-15-13-25(14-16-26)20-8-10-21(30-2)11-9-20/h3-4,6-11H,5,12-18H2,1-2H3,(H,24,27). The van der Waals surface area contributed by atoms with Crippen LogP contribution in [0.15, 0.2) is 48.5 Å². The number of methoxy groups -OCH3 is 1. The molecule has 1 aliphatic rings. The molecule has 1 heterocycles. The number of nitrogens with zero attached hydrogens (tertiary/aromatic N) is 2. The summed E-state index contributed by atoms with van der Waals surface area (Å²) in [5, 5.41) is 2.72. The summed E-state index contributed by atoms with van der Waals surface area (Å²) in [7, 11) is -1.73. The number of carbonyl (C=O) groups is 1. The zero-order chi connectivity index (χ0) is 23.0. The van der Waals surface area contributed by atoms with Crippen LogP contribution in [0.5, 0.6) is 11.5 Å². The fourth-order valence-corrected chi connectivity index (χ4v) is 5.03. The molecule has 0 aromatic heterocycles. The molecule has 0 saturated carbocycles. The Labute approximate surface area is 190 Å². The van der Waals surface area contributed by atoms with Crippen molar-refractivity contribution < 1.29 is 22.7 Å². The topological polar surface area (TPSA) is 88.2 Å². The highest BCUT2D eigenvalue weighted by atomic mass is 32.2. The second-order valence-corrected chi connectivity index (χ2v) is 9.75. The van der Waals surface area contributed by atoms with Crippen molar-refractivity contribution in [1.82, 2.24) is 9.62 Å².